The van der Waals surface area contributed by atoms with Gasteiger partial charge in [0.1, 0.15) is 5.69 Å². The number of aliphatic hydroxyl groups is 1. The Morgan fingerprint density at radius 1 is 1.40 bits per heavy atom. The average molecular weight is 347 g/mol. The Kier molecular flexibility index (Phi) is 4.94. The van der Waals surface area contributed by atoms with Crippen molar-refractivity contribution in [2.24, 2.45) is 5.92 Å². The van der Waals surface area contributed by atoms with Crippen LogP contribution in [0.1, 0.15) is 49.4 Å². The van der Waals surface area contributed by atoms with E-state index in [9.17, 15) is 20.0 Å². The third kappa shape index (κ3) is 3.92. The lowest BCUT2D eigenvalue weighted by molar-refractivity contribution is -0.384. The number of benzene rings is 1. The second kappa shape index (κ2) is 7.00. The second-order valence-corrected chi connectivity index (χ2v) is 7.39. The number of anilines is 1. The topological polar surface area (TPSA) is 95.7 Å². The Labute approximate surface area is 147 Å². The predicted molar refractivity (Wildman–Crippen MR) is 94.8 cm³/mol. The third-order valence-electron chi connectivity index (χ3n) is 5.42. The van der Waals surface area contributed by atoms with Gasteiger partial charge >= 0.3 is 0 Å². The molecule has 2 fully saturated rings. The van der Waals surface area contributed by atoms with Crippen LogP contribution in [0.2, 0.25) is 0 Å². The van der Waals surface area contributed by atoms with Crippen molar-refractivity contribution in [2.75, 3.05) is 24.5 Å². The summed E-state index contributed by atoms with van der Waals surface area (Å²) in [5.41, 5.74) is -0.0224. The number of carbonyl (C=O) groups is 1. The number of nitrogens with zero attached hydrogens (tertiary/aromatic N) is 2. The van der Waals surface area contributed by atoms with Crippen LogP contribution in [-0.4, -0.2) is 41.2 Å². The van der Waals surface area contributed by atoms with E-state index < -0.39 is 10.5 Å². The van der Waals surface area contributed by atoms with Crippen molar-refractivity contribution >= 4 is 17.3 Å². The summed E-state index contributed by atoms with van der Waals surface area (Å²) in [5, 5.41) is 24.2. The SMILES string of the molecule is CC1CCN(c2ccc(C(=O)NCC3(O)CCC3)cc2[N+](=O)[O-])CC1. The Bertz CT molecular complexity index is 664. The van der Waals surface area contributed by atoms with E-state index in [0.29, 0.717) is 24.4 Å². The number of hydrogen-bond donors (Lipinski definition) is 2. The van der Waals surface area contributed by atoms with Crippen molar-refractivity contribution in [2.45, 2.75) is 44.6 Å². The lowest BCUT2D eigenvalue weighted by Gasteiger charge is -2.36. The zero-order valence-corrected chi connectivity index (χ0v) is 14.5. The van der Waals surface area contributed by atoms with Crippen LogP contribution in [0.15, 0.2) is 18.2 Å². The summed E-state index contributed by atoms with van der Waals surface area (Å²) in [6.07, 6.45) is 4.34. The smallest absolute Gasteiger partial charge is 0.293 e. The minimum absolute atomic E-state index is 0.0374. The molecule has 0 atom stereocenters. The summed E-state index contributed by atoms with van der Waals surface area (Å²) in [6, 6.07) is 4.63. The molecule has 1 heterocycles. The molecule has 0 unspecified atom stereocenters. The number of piperidine rings is 1. The van der Waals surface area contributed by atoms with Gasteiger partial charge in [0.05, 0.1) is 10.5 Å². The van der Waals surface area contributed by atoms with E-state index >= 15 is 0 Å². The van der Waals surface area contributed by atoms with Crippen LogP contribution in [0.4, 0.5) is 11.4 Å². The normalized spacial score (nSPS) is 20.0. The maximum atomic E-state index is 12.3. The molecule has 1 amide bonds. The maximum Gasteiger partial charge on any atom is 0.293 e. The van der Waals surface area contributed by atoms with E-state index in [1.54, 1.807) is 12.1 Å². The summed E-state index contributed by atoms with van der Waals surface area (Å²) in [7, 11) is 0. The fourth-order valence-corrected chi connectivity index (χ4v) is 3.44. The van der Waals surface area contributed by atoms with E-state index in [1.807, 2.05) is 4.90 Å². The van der Waals surface area contributed by atoms with Crippen LogP contribution < -0.4 is 10.2 Å². The van der Waals surface area contributed by atoms with E-state index in [-0.39, 0.29) is 23.7 Å². The van der Waals surface area contributed by atoms with E-state index in [1.165, 1.54) is 6.07 Å². The fraction of sp³-hybridized carbons (Fsp3) is 0.611. The molecule has 7 heteroatoms. The highest BCUT2D eigenvalue weighted by atomic mass is 16.6. The molecule has 0 spiro atoms. The summed E-state index contributed by atoms with van der Waals surface area (Å²) in [4.78, 5) is 25.4. The van der Waals surface area contributed by atoms with Crippen LogP contribution >= 0.6 is 0 Å². The highest BCUT2D eigenvalue weighted by molar-refractivity contribution is 5.95. The molecule has 1 aromatic carbocycles. The summed E-state index contributed by atoms with van der Waals surface area (Å²) >= 11 is 0. The zero-order chi connectivity index (χ0) is 18.0. The van der Waals surface area contributed by atoms with Gasteiger partial charge in [-0.15, -0.1) is 0 Å². The van der Waals surface area contributed by atoms with Gasteiger partial charge in [-0.05, 0) is 50.2 Å². The van der Waals surface area contributed by atoms with Gasteiger partial charge < -0.3 is 15.3 Å². The lowest BCUT2D eigenvalue weighted by Crippen LogP contribution is -2.47. The van der Waals surface area contributed by atoms with Gasteiger partial charge in [-0.2, -0.15) is 0 Å². The van der Waals surface area contributed by atoms with Crippen LogP contribution in [-0.2, 0) is 0 Å². The van der Waals surface area contributed by atoms with Gasteiger partial charge in [0.15, 0.2) is 0 Å². The van der Waals surface area contributed by atoms with Gasteiger partial charge in [0.25, 0.3) is 11.6 Å². The molecule has 0 radical (unpaired) electrons. The number of nitro benzene ring substituents is 1. The first-order chi connectivity index (χ1) is 11.9. The number of nitrogens with one attached hydrogen (secondary N) is 1. The number of nitro groups is 1. The molecule has 1 saturated heterocycles. The van der Waals surface area contributed by atoms with Crippen LogP contribution in [0.25, 0.3) is 0 Å². The first kappa shape index (κ1) is 17.7. The van der Waals surface area contributed by atoms with Crippen LogP contribution in [0.3, 0.4) is 0 Å². The molecule has 2 N–H and O–H groups in total. The Hall–Kier alpha value is -2.15. The molecule has 2 aliphatic rings. The molecular formula is C18H25N3O4. The number of carbonyl (C=O) groups excluding carboxylic acids is 1. The highest BCUT2D eigenvalue weighted by Crippen LogP contribution is 2.33. The first-order valence-electron chi connectivity index (χ1n) is 8.92. The van der Waals surface area contributed by atoms with Crippen LogP contribution in [0, 0.1) is 16.0 Å². The summed E-state index contributed by atoms with van der Waals surface area (Å²) < 4.78 is 0. The minimum atomic E-state index is -0.813. The number of rotatable bonds is 5. The standard InChI is InChI=1S/C18H25N3O4/c1-13-5-9-20(10-6-13)15-4-3-14(11-16(15)21(24)25)17(22)19-12-18(23)7-2-8-18/h3-4,11,13,23H,2,5-10,12H2,1H3,(H,19,22). The third-order valence-corrected chi connectivity index (χ3v) is 5.42. The van der Waals surface area contributed by atoms with Crippen molar-refractivity contribution in [3.05, 3.63) is 33.9 Å². The summed E-state index contributed by atoms with van der Waals surface area (Å²) in [6.45, 7) is 3.96. The second-order valence-electron chi connectivity index (χ2n) is 7.39. The Balaban J connectivity index is 1.74. The van der Waals surface area contributed by atoms with E-state index in [2.05, 4.69) is 12.2 Å². The molecule has 1 saturated carbocycles. The number of hydrogen-bond acceptors (Lipinski definition) is 5. The van der Waals surface area contributed by atoms with Crippen molar-refractivity contribution in [1.82, 2.24) is 5.32 Å². The van der Waals surface area contributed by atoms with Crippen molar-refractivity contribution in [1.29, 1.82) is 0 Å². The van der Waals surface area contributed by atoms with Crippen molar-refractivity contribution in [3.8, 4) is 0 Å². The highest BCUT2D eigenvalue weighted by Gasteiger charge is 2.34. The van der Waals surface area contributed by atoms with E-state index in [0.717, 1.165) is 32.4 Å². The Morgan fingerprint density at radius 3 is 2.64 bits per heavy atom. The molecule has 0 aromatic heterocycles. The fourth-order valence-electron chi connectivity index (χ4n) is 3.44. The van der Waals surface area contributed by atoms with Gasteiger partial charge in [0, 0.05) is 31.3 Å². The molecule has 25 heavy (non-hydrogen) atoms. The monoisotopic (exact) mass is 347 g/mol. The molecular weight excluding hydrogens is 322 g/mol. The van der Waals surface area contributed by atoms with Gasteiger partial charge in [-0.25, -0.2) is 0 Å². The summed E-state index contributed by atoms with van der Waals surface area (Å²) in [5.74, 6) is 0.250. The zero-order valence-electron chi connectivity index (χ0n) is 14.5. The quantitative estimate of drug-likeness (QED) is 0.630. The predicted octanol–water partition coefficient (Wildman–Crippen LogP) is 2.48. The van der Waals surface area contributed by atoms with Crippen molar-refractivity contribution in [3.63, 3.8) is 0 Å². The lowest BCUT2D eigenvalue weighted by atomic mass is 9.80. The molecule has 3 rings (SSSR count). The largest absolute Gasteiger partial charge is 0.388 e. The average Bonchev–Trinajstić information content (AvgIpc) is 2.58. The van der Waals surface area contributed by atoms with E-state index in [4.69, 9.17) is 0 Å². The molecule has 136 valence electrons. The van der Waals surface area contributed by atoms with Gasteiger partial charge in [0.2, 0.25) is 0 Å². The molecule has 1 aliphatic carbocycles. The molecule has 0 bridgehead atoms. The first-order valence-corrected chi connectivity index (χ1v) is 8.92. The van der Waals surface area contributed by atoms with Crippen LogP contribution in [0.5, 0.6) is 0 Å². The number of amides is 1. The molecule has 7 nitrogen and oxygen atoms in total. The molecule has 1 aromatic rings. The Morgan fingerprint density at radius 2 is 2.08 bits per heavy atom. The van der Waals surface area contributed by atoms with Gasteiger partial charge in [-0.1, -0.05) is 6.92 Å². The maximum absolute atomic E-state index is 12.3. The van der Waals surface area contributed by atoms with Gasteiger partial charge in [-0.3, -0.25) is 14.9 Å². The molecule has 1 aliphatic heterocycles. The van der Waals surface area contributed by atoms with Crippen molar-refractivity contribution < 1.29 is 14.8 Å². The minimum Gasteiger partial charge on any atom is -0.388 e.